The second-order valence-corrected chi connectivity index (χ2v) is 5.98. The highest BCUT2D eigenvalue weighted by Crippen LogP contribution is 2.07. The van der Waals surface area contributed by atoms with Gasteiger partial charge in [0.15, 0.2) is 0 Å². The number of benzene rings is 2. The lowest BCUT2D eigenvalue weighted by Crippen LogP contribution is -2.38. The molecule has 3 rings (SSSR count). The quantitative estimate of drug-likeness (QED) is 0.638. The molecule has 1 aromatic heterocycles. The Morgan fingerprint density at radius 2 is 1.65 bits per heavy atom. The standard InChI is InChI=1S/C20H21N3O2.ClH/c24-20(25)19(21-12-16-7-3-1-4-8-16)11-18-14-23(15-22-18)13-17-9-5-2-6-10-17;/h1-10,14-15,19,21H,11-13H2,(H,24,25);1H/t19-;/m0./s1. The first-order valence-corrected chi connectivity index (χ1v) is 8.25. The second-order valence-electron chi connectivity index (χ2n) is 5.98. The lowest BCUT2D eigenvalue weighted by molar-refractivity contribution is -0.139. The van der Waals surface area contributed by atoms with Crippen LogP contribution in [0.4, 0.5) is 0 Å². The molecule has 0 fully saturated rings. The van der Waals surface area contributed by atoms with Gasteiger partial charge in [0.1, 0.15) is 6.04 Å². The lowest BCUT2D eigenvalue weighted by atomic mass is 10.1. The zero-order valence-corrected chi connectivity index (χ0v) is 15.1. The van der Waals surface area contributed by atoms with Crippen molar-refractivity contribution >= 4 is 18.4 Å². The summed E-state index contributed by atoms with van der Waals surface area (Å²) in [5, 5.41) is 12.6. The SMILES string of the molecule is Cl.O=C(O)[C@H](Cc1cn(Cc2ccccc2)cn1)NCc1ccccc1. The highest BCUT2D eigenvalue weighted by molar-refractivity contribution is 5.85. The highest BCUT2D eigenvalue weighted by Gasteiger charge is 2.18. The van der Waals surface area contributed by atoms with Crippen molar-refractivity contribution in [3.63, 3.8) is 0 Å². The van der Waals surface area contributed by atoms with E-state index in [0.717, 1.165) is 17.8 Å². The summed E-state index contributed by atoms with van der Waals surface area (Å²) >= 11 is 0. The largest absolute Gasteiger partial charge is 0.480 e. The maximum absolute atomic E-state index is 11.5. The van der Waals surface area contributed by atoms with Crippen LogP contribution in [0, 0.1) is 0 Å². The number of aromatic nitrogens is 2. The van der Waals surface area contributed by atoms with Crippen LogP contribution < -0.4 is 5.32 Å². The predicted molar refractivity (Wildman–Crippen MR) is 103 cm³/mol. The van der Waals surface area contributed by atoms with Gasteiger partial charge in [-0.05, 0) is 11.1 Å². The molecule has 5 nitrogen and oxygen atoms in total. The Kier molecular flexibility index (Phi) is 7.38. The number of carboxylic acid groups (broad SMARTS) is 1. The minimum absolute atomic E-state index is 0. The van der Waals surface area contributed by atoms with E-state index in [4.69, 9.17) is 0 Å². The maximum atomic E-state index is 11.5. The van der Waals surface area contributed by atoms with E-state index < -0.39 is 12.0 Å². The van der Waals surface area contributed by atoms with Crippen LogP contribution in [0.1, 0.15) is 16.8 Å². The van der Waals surface area contributed by atoms with E-state index in [9.17, 15) is 9.90 Å². The fourth-order valence-electron chi connectivity index (χ4n) is 2.69. The number of hydrogen-bond acceptors (Lipinski definition) is 3. The molecule has 1 atom stereocenters. The van der Waals surface area contributed by atoms with Crippen molar-refractivity contribution in [1.29, 1.82) is 0 Å². The van der Waals surface area contributed by atoms with Gasteiger partial charge in [0.25, 0.3) is 0 Å². The van der Waals surface area contributed by atoms with Crippen molar-refractivity contribution in [2.45, 2.75) is 25.6 Å². The van der Waals surface area contributed by atoms with Crippen LogP contribution in [0.2, 0.25) is 0 Å². The fraction of sp³-hybridized carbons (Fsp3) is 0.200. The molecular weight excluding hydrogens is 350 g/mol. The summed E-state index contributed by atoms with van der Waals surface area (Å²) in [4.78, 5) is 15.9. The number of halogens is 1. The molecule has 6 heteroatoms. The van der Waals surface area contributed by atoms with Gasteiger partial charge in [-0.25, -0.2) is 4.98 Å². The third-order valence-electron chi connectivity index (χ3n) is 4.00. The average Bonchev–Trinajstić information content (AvgIpc) is 3.07. The van der Waals surface area contributed by atoms with Crippen LogP contribution in [0.15, 0.2) is 73.2 Å². The molecule has 0 saturated heterocycles. The van der Waals surface area contributed by atoms with E-state index in [1.54, 1.807) is 6.33 Å². The molecule has 2 N–H and O–H groups in total. The van der Waals surface area contributed by atoms with E-state index in [2.05, 4.69) is 22.4 Å². The van der Waals surface area contributed by atoms with Gasteiger partial charge in [0, 0.05) is 25.7 Å². The van der Waals surface area contributed by atoms with Crippen molar-refractivity contribution in [3.05, 3.63) is 90.0 Å². The number of nitrogens with one attached hydrogen (secondary N) is 1. The van der Waals surface area contributed by atoms with Crippen LogP contribution in [-0.4, -0.2) is 26.7 Å². The van der Waals surface area contributed by atoms with Crippen LogP contribution in [-0.2, 0) is 24.3 Å². The normalized spacial score (nSPS) is 11.5. The lowest BCUT2D eigenvalue weighted by Gasteiger charge is -2.13. The Labute approximate surface area is 159 Å². The van der Waals surface area contributed by atoms with Crippen LogP contribution in [0.5, 0.6) is 0 Å². The first-order chi connectivity index (χ1) is 12.2. The summed E-state index contributed by atoms with van der Waals surface area (Å²) in [5.74, 6) is -0.867. The van der Waals surface area contributed by atoms with Gasteiger partial charge in [-0.15, -0.1) is 12.4 Å². The van der Waals surface area contributed by atoms with Crippen molar-refractivity contribution in [3.8, 4) is 0 Å². The van der Waals surface area contributed by atoms with Gasteiger partial charge in [-0.1, -0.05) is 60.7 Å². The van der Waals surface area contributed by atoms with Gasteiger partial charge in [0.05, 0.1) is 12.0 Å². The molecule has 3 aromatic rings. The number of carbonyl (C=O) groups is 1. The zero-order chi connectivity index (χ0) is 17.5. The molecule has 0 aliphatic heterocycles. The monoisotopic (exact) mass is 371 g/mol. The molecule has 0 saturated carbocycles. The first kappa shape index (κ1) is 19.7. The summed E-state index contributed by atoms with van der Waals surface area (Å²) < 4.78 is 1.97. The first-order valence-electron chi connectivity index (χ1n) is 8.25. The predicted octanol–water partition coefficient (Wildman–Crippen LogP) is 3.14. The molecule has 0 amide bonds. The van der Waals surface area contributed by atoms with Crippen molar-refractivity contribution in [1.82, 2.24) is 14.9 Å². The third kappa shape index (κ3) is 5.72. The van der Waals surface area contributed by atoms with Crippen molar-refractivity contribution < 1.29 is 9.90 Å². The molecule has 1 heterocycles. The molecule has 0 aliphatic rings. The maximum Gasteiger partial charge on any atom is 0.321 e. The Bertz CT molecular complexity index is 806. The fourth-order valence-corrected chi connectivity index (χ4v) is 2.69. The van der Waals surface area contributed by atoms with Gasteiger partial charge in [-0.2, -0.15) is 0 Å². The van der Waals surface area contributed by atoms with Gasteiger partial charge in [0.2, 0.25) is 0 Å². The van der Waals surface area contributed by atoms with Gasteiger partial charge in [-0.3, -0.25) is 10.1 Å². The van der Waals surface area contributed by atoms with E-state index in [1.807, 2.05) is 59.3 Å². The molecule has 2 aromatic carbocycles. The number of imidazole rings is 1. The van der Waals surface area contributed by atoms with E-state index in [-0.39, 0.29) is 12.4 Å². The van der Waals surface area contributed by atoms with E-state index in [0.29, 0.717) is 13.0 Å². The van der Waals surface area contributed by atoms with E-state index >= 15 is 0 Å². The Morgan fingerprint density at radius 3 is 2.27 bits per heavy atom. The summed E-state index contributed by atoms with van der Waals surface area (Å²) in [6.45, 7) is 1.24. The smallest absolute Gasteiger partial charge is 0.321 e. The average molecular weight is 372 g/mol. The number of nitrogens with zero attached hydrogens (tertiary/aromatic N) is 2. The highest BCUT2D eigenvalue weighted by atomic mass is 35.5. The Balaban J connectivity index is 0.00000243. The van der Waals surface area contributed by atoms with Gasteiger partial charge < -0.3 is 9.67 Å². The van der Waals surface area contributed by atoms with Crippen LogP contribution in [0.3, 0.4) is 0 Å². The summed E-state index contributed by atoms with van der Waals surface area (Å²) in [6, 6.07) is 19.2. The number of aliphatic carboxylic acids is 1. The molecule has 0 aliphatic carbocycles. The second kappa shape index (κ2) is 9.75. The molecule has 26 heavy (non-hydrogen) atoms. The van der Waals surface area contributed by atoms with Crippen LogP contribution in [0.25, 0.3) is 0 Å². The van der Waals surface area contributed by atoms with E-state index in [1.165, 1.54) is 5.56 Å². The molecular formula is C20H22ClN3O2. The minimum atomic E-state index is -0.867. The van der Waals surface area contributed by atoms with Crippen LogP contribution >= 0.6 is 12.4 Å². The summed E-state index contributed by atoms with van der Waals surface area (Å²) in [6.07, 6.45) is 4.01. The number of carboxylic acids is 1. The molecule has 0 radical (unpaired) electrons. The summed E-state index contributed by atoms with van der Waals surface area (Å²) in [7, 11) is 0. The Morgan fingerprint density at radius 1 is 1.04 bits per heavy atom. The molecule has 136 valence electrons. The Hall–Kier alpha value is -2.63. The number of rotatable bonds is 8. The summed E-state index contributed by atoms with van der Waals surface area (Å²) in [5.41, 5.74) is 3.01. The zero-order valence-electron chi connectivity index (χ0n) is 14.3. The topological polar surface area (TPSA) is 67.1 Å². The minimum Gasteiger partial charge on any atom is -0.480 e. The third-order valence-corrected chi connectivity index (χ3v) is 4.00. The van der Waals surface area contributed by atoms with Gasteiger partial charge >= 0.3 is 5.97 Å². The molecule has 0 spiro atoms. The number of hydrogen-bond donors (Lipinski definition) is 2. The molecule has 0 bridgehead atoms. The van der Waals surface area contributed by atoms with Crippen molar-refractivity contribution in [2.75, 3.05) is 0 Å². The van der Waals surface area contributed by atoms with Crippen molar-refractivity contribution in [2.24, 2.45) is 0 Å². The molecule has 0 unspecified atom stereocenters.